The number of aromatic hydroxyl groups is 1. The Hall–Kier alpha value is -3.76. The molecule has 41 heavy (non-hydrogen) atoms. The van der Waals surface area contributed by atoms with Crippen molar-refractivity contribution < 1.29 is 5.11 Å². The van der Waals surface area contributed by atoms with Gasteiger partial charge in [0, 0.05) is 80.0 Å². The van der Waals surface area contributed by atoms with E-state index in [1.807, 2.05) is 36.7 Å². The second-order valence-electron chi connectivity index (χ2n) is 12.6. The number of phenols is 1. The first kappa shape index (κ1) is 25.0. The number of benzene rings is 1. The summed E-state index contributed by atoms with van der Waals surface area (Å²) < 4.78 is 0. The molecule has 1 saturated carbocycles. The molecule has 4 aliphatic rings. The number of anilines is 2. The SMILES string of the molecule is C[C@@H]1c2c([nH]c3nnc(-c4ccccc4O)cc23)CCN1c1ncc(N2CCN(C3CC4(CNC4)C3)[C@@H](C)C2)cn1. The van der Waals surface area contributed by atoms with Crippen molar-refractivity contribution in [3.05, 3.63) is 54.0 Å². The van der Waals surface area contributed by atoms with Crippen LogP contribution in [0.5, 0.6) is 5.75 Å². The van der Waals surface area contributed by atoms with Gasteiger partial charge in [-0.2, -0.15) is 0 Å². The molecule has 0 amide bonds. The van der Waals surface area contributed by atoms with Gasteiger partial charge in [0.25, 0.3) is 0 Å². The molecule has 3 aromatic heterocycles. The monoisotopic (exact) mass is 551 g/mol. The summed E-state index contributed by atoms with van der Waals surface area (Å²) in [7, 11) is 0. The molecular formula is C31H37N9O. The zero-order valence-corrected chi connectivity index (χ0v) is 23.7. The first-order valence-electron chi connectivity index (χ1n) is 14.9. The highest BCUT2D eigenvalue weighted by Gasteiger charge is 2.51. The maximum Gasteiger partial charge on any atom is 0.225 e. The summed E-state index contributed by atoms with van der Waals surface area (Å²) in [5, 5.41) is 23.7. The lowest BCUT2D eigenvalue weighted by atomic mass is 9.61. The van der Waals surface area contributed by atoms with Crippen molar-refractivity contribution in [1.82, 2.24) is 35.4 Å². The quantitative estimate of drug-likeness (QED) is 0.351. The first-order chi connectivity index (χ1) is 20.0. The van der Waals surface area contributed by atoms with Crippen LogP contribution in [-0.4, -0.2) is 86.5 Å². The van der Waals surface area contributed by atoms with E-state index in [4.69, 9.17) is 9.97 Å². The van der Waals surface area contributed by atoms with Gasteiger partial charge in [-0.25, -0.2) is 9.97 Å². The Kier molecular flexibility index (Phi) is 5.72. The number of rotatable bonds is 4. The van der Waals surface area contributed by atoms with E-state index in [0.717, 1.165) is 61.3 Å². The average Bonchev–Trinajstić information content (AvgIpc) is 3.32. The Morgan fingerprint density at radius 2 is 1.80 bits per heavy atom. The van der Waals surface area contributed by atoms with Gasteiger partial charge in [0.2, 0.25) is 5.95 Å². The van der Waals surface area contributed by atoms with Gasteiger partial charge in [-0.05, 0) is 50.3 Å². The molecular weight excluding hydrogens is 514 g/mol. The minimum absolute atomic E-state index is 0.0694. The van der Waals surface area contributed by atoms with E-state index < -0.39 is 0 Å². The van der Waals surface area contributed by atoms with E-state index in [1.54, 1.807) is 6.07 Å². The highest BCUT2D eigenvalue weighted by atomic mass is 16.3. The Morgan fingerprint density at radius 3 is 2.54 bits per heavy atom. The van der Waals surface area contributed by atoms with Crippen molar-refractivity contribution in [3.8, 4) is 17.0 Å². The molecule has 3 fully saturated rings. The molecule has 2 atom stereocenters. The van der Waals surface area contributed by atoms with Gasteiger partial charge >= 0.3 is 0 Å². The number of fused-ring (bicyclic) bond motifs is 3. The lowest BCUT2D eigenvalue weighted by Crippen LogP contribution is -2.68. The topological polar surface area (TPSA) is 109 Å². The minimum Gasteiger partial charge on any atom is -0.507 e. The fourth-order valence-electron chi connectivity index (χ4n) is 7.73. The van der Waals surface area contributed by atoms with Crippen LogP contribution in [0.15, 0.2) is 42.7 Å². The summed E-state index contributed by atoms with van der Waals surface area (Å²) in [5.74, 6) is 0.955. The molecule has 1 spiro atoms. The number of para-hydroxylation sites is 1. The molecule has 1 aromatic carbocycles. The molecule has 1 aliphatic carbocycles. The van der Waals surface area contributed by atoms with E-state index >= 15 is 0 Å². The number of H-pyrrole nitrogens is 1. The van der Waals surface area contributed by atoms with E-state index in [9.17, 15) is 5.11 Å². The molecule has 6 heterocycles. The lowest BCUT2D eigenvalue weighted by molar-refractivity contribution is -0.0518. The summed E-state index contributed by atoms with van der Waals surface area (Å²) >= 11 is 0. The lowest BCUT2D eigenvalue weighted by Gasteiger charge is -2.59. The Bertz CT molecular complexity index is 1590. The predicted molar refractivity (Wildman–Crippen MR) is 159 cm³/mol. The fourth-order valence-corrected chi connectivity index (χ4v) is 7.73. The van der Waals surface area contributed by atoms with Gasteiger partial charge < -0.3 is 25.2 Å². The van der Waals surface area contributed by atoms with Crippen molar-refractivity contribution in [2.24, 2.45) is 5.41 Å². The zero-order chi connectivity index (χ0) is 27.7. The summed E-state index contributed by atoms with van der Waals surface area (Å²) in [6.45, 7) is 11.0. The van der Waals surface area contributed by atoms with Gasteiger partial charge in [-0.3, -0.25) is 4.90 Å². The minimum atomic E-state index is 0.0694. The van der Waals surface area contributed by atoms with Crippen molar-refractivity contribution >= 4 is 22.7 Å². The van der Waals surface area contributed by atoms with Crippen LogP contribution in [0.2, 0.25) is 0 Å². The molecule has 0 radical (unpaired) electrons. The van der Waals surface area contributed by atoms with Crippen LogP contribution in [0.3, 0.4) is 0 Å². The zero-order valence-electron chi connectivity index (χ0n) is 23.7. The van der Waals surface area contributed by atoms with Gasteiger partial charge in [0.05, 0.1) is 29.8 Å². The summed E-state index contributed by atoms with van der Waals surface area (Å²) in [5.41, 5.74) is 6.22. The van der Waals surface area contributed by atoms with Gasteiger partial charge in [-0.15, -0.1) is 10.2 Å². The molecule has 8 rings (SSSR count). The number of aromatic nitrogens is 5. The second kappa shape index (κ2) is 9.39. The largest absolute Gasteiger partial charge is 0.507 e. The Labute approximate surface area is 239 Å². The molecule has 4 aromatic rings. The molecule has 0 bridgehead atoms. The fraction of sp³-hybridized carbons (Fsp3) is 0.484. The van der Waals surface area contributed by atoms with Crippen LogP contribution >= 0.6 is 0 Å². The standard InChI is InChI=1S/C31H37N9O/c1-19-16-38(9-10-39(19)21-12-31(13-21)17-32-18-31)22-14-33-30(34-15-22)40-8-7-25-28(20(40)2)24-11-26(36-37-29(24)35-25)23-5-3-4-6-27(23)41/h3-6,11,14-15,19-21,32,41H,7-10,12-13,16-18H2,1-2H3,(H,35,37)/t19-,20+/m0/s1. The normalized spacial score (nSPS) is 24.3. The van der Waals surface area contributed by atoms with Crippen molar-refractivity contribution in [3.63, 3.8) is 0 Å². The first-order valence-corrected chi connectivity index (χ1v) is 14.9. The predicted octanol–water partition coefficient (Wildman–Crippen LogP) is 3.51. The van der Waals surface area contributed by atoms with Crippen LogP contribution in [0.4, 0.5) is 11.6 Å². The van der Waals surface area contributed by atoms with Crippen LogP contribution in [-0.2, 0) is 6.42 Å². The summed E-state index contributed by atoms with van der Waals surface area (Å²) in [6, 6.07) is 10.6. The number of piperazine rings is 1. The molecule has 10 heteroatoms. The third kappa shape index (κ3) is 4.06. The maximum absolute atomic E-state index is 10.4. The van der Waals surface area contributed by atoms with Gasteiger partial charge in [0.15, 0.2) is 5.65 Å². The third-order valence-corrected chi connectivity index (χ3v) is 10.1. The van der Waals surface area contributed by atoms with Crippen LogP contribution < -0.4 is 15.1 Å². The van der Waals surface area contributed by atoms with Gasteiger partial charge in [-0.1, -0.05) is 12.1 Å². The maximum atomic E-state index is 10.4. The third-order valence-electron chi connectivity index (χ3n) is 10.1. The summed E-state index contributed by atoms with van der Waals surface area (Å²) in [6.07, 6.45) is 7.57. The highest BCUT2D eigenvalue weighted by Crippen LogP contribution is 2.47. The molecule has 212 valence electrons. The number of aromatic amines is 1. The number of nitrogens with zero attached hydrogens (tertiary/aromatic N) is 7. The Balaban J connectivity index is 0.989. The highest BCUT2D eigenvalue weighted by molar-refractivity contribution is 5.86. The Morgan fingerprint density at radius 1 is 1.00 bits per heavy atom. The number of hydrogen-bond donors (Lipinski definition) is 3. The average molecular weight is 552 g/mol. The molecule has 0 unspecified atom stereocenters. The smallest absolute Gasteiger partial charge is 0.225 e. The number of nitrogens with one attached hydrogen (secondary N) is 2. The summed E-state index contributed by atoms with van der Waals surface area (Å²) in [4.78, 5) is 20.7. The van der Waals surface area contributed by atoms with E-state index in [2.05, 4.69) is 49.0 Å². The van der Waals surface area contributed by atoms with E-state index in [-0.39, 0.29) is 11.8 Å². The van der Waals surface area contributed by atoms with Gasteiger partial charge in [0.1, 0.15) is 5.75 Å². The second-order valence-corrected chi connectivity index (χ2v) is 12.6. The van der Waals surface area contributed by atoms with Crippen molar-refractivity contribution in [1.29, 1.82) is 0 Å². The van der Waals surface area contributed by atoms with E-state index in [1.165, 1.54) is 37.2 Å². The molecule has 10 nitrogen and oxygen atoms in total. The van der Waals surface area contributed by atoms with E-state index in [0.29, 0.717) is 22.7 Å². The van der Waals surface area contributed by atoms with Crippen LogP contribution in [0.1, 0.15) is 44.0 Å². The molecule has 3 N–H and O–H groups in total. The van der Waals surface area contributed by atoms with Crippen molar-refractivity contribution in [2.45, 2.75) is 51.2 Å². The van der Waals surface area contributed by atoms with Crippen molar-refractivity contribution in [2.75, 3.05) is 49.1 Å². The number of hydrogen-bond acceptors (Lipinski definition) is 9. The molecule has 3 aliphatic heterocycles. The molecule has 2 saturated heterocycles. The van der Waals surface area contributed by atoms with Crippen LogP contribution in [0, 0.1) is 5.41 Å². The van der Waals surface area contributed by atoms with Crippen LogP contribution in [0.25, 0.3) is 22.3 Å². The number of phenolic OH excluding ortho intramolecular Hbond substituents is 1.